The average molecular weight is 454 g/mol. The zero-order valence-electron chi connectivity index (χ0n) is 18.6. The first-order chi connectivity index (χ1) is 15.1. The maximum atomic E-state index is 13.0. The molecule has 2 aromatic rings. The van der Waals surface area contributed by atoms with E-state index >= 15 is 0 Å². The minimum Gasteiger partial charge on any atom is -0.393 e. The van der Waals surface area contributed by atoms with E-state index in [1.807, 2.05) is 20.8 Å². The van der Waals surface area contributed by atoms with E-state index in [0.717, 1.165) is 31.4 Å². The summed E-state index contributed by atoms with van der Waals surface area (Å²) in [7, 11) is 0. The molecule has 1 aromatic carbocycles. The number of carbonyl (C=O) groups excluding carboxylic acids is 1. The Morgan fingerprint density at radius 2 is 1.97 bits per heavy atom. The largest absolute Gasteiger partial charge is 0.416 e. The molecule has 32 heavy (non-hydrogen) atoms. The van der Waals surface area contributed by atoms with E-state index in [4.69, 9.17) is 4.52 Å². The third kappa shape index (κ3) is 5.69. The average Bonchev–Trinajstić information content (AvgIpc) is 3.15. The minimum absolute atomic E-state index is 0.124. The van der Waals surface area contributed by atoms with Crippen molar-refractivity contribution in [3.05, 3.63) is 41.1 Å². The molecule has 1 saturated carbocycles. The number of alkyl halides is 3. The molecule has 9 heteroatoms. The van der Waals surface area contributed by atoms with Gasteiger partial charge in [0.15, 0.2) is 11.5 Å². The predicted octanol–water partition coefficient (Wildman–Crippen LogP) is 4.62. The van der Waals surface area contributed by atoms with E-state index in [-0.39, 0.29) is 23.5 Å². The van der Waals surface area contributed by atoms with Crippen molar-refractivity contribution in [3.63, 3.8) is 0 Å². The number of halogens is 3. The van der Waals surface area contributed by atoms with Gasteiger partial charge in [0, 0.05) is 29.8 Å². The molecule has 6 nitrogen and oxygen atoms in total. The van der Waals surface area contributed by atoms with Crippen molar-refractivity contribution in [2.45, 2.75) is 77.4 Å². The van der Waals surface area contributed by atoms with Crippen LogP contribution in [-0.4, -0.2) is 45.8 Å². The van der Waals surface area contributed by atoms with E-state index in [9.17, 15) is 23.1 Å². The lowest BCUT2D eigenvalue weighted by Gasteiger charge is -2.27. The molecule has 176 valence electrons. The number of aromatic nitrogens is 1. The quantitative estimate of drug-likeness (QED) is 0.640. The predicted molar refractivity (Wildman–Crippen MR) is 114 cm³/mol. The first kappa shape index (κ1) is 24.3. The fraction of sp³-hybridized carbons (Fsp3) is 0.565. The Morgan fingerprint density at radius 1 is 1.28 bits per heavy atom. The summed E-state index contributed by atoms with van der Waals surface area (Å²) in [5.41, 5.74) is 0.328. The highest BCUT2D eigenvalue weighted by molar-refractivity contribution is 5.95. The number of hydrogen-bond acceptors (Lipinski definition) is 5. The van der Waals surface area contributed by atoms with Crippen LogP contribution in [0.25, 0.3) is 11.3 Å². The Bertz CT molecular complexity index is 909. The van der Waals surface area contributed by atoms with Gasteiger partial charge in [-0.25, -0.2) is 0 Å². The summed E-state index contributed by atoms with van der Waals surface area (Å²) in [6.45, 7) is 7.12. The molecule has 3 rings (SSSR count). The lowest BCUT2D eigenvalue weighted by Crippen LogP contribution is -2.40. The highest BCUT2D eigenvalue weighted by Gasteiger charge is 2.31. The van der Waals surface area contributed by atoms with Crippen molar-refractivity contribution < 1.29 is 27.6 Å². The van der Waals surface area contributed by atoms with Crippen molar-refractivity contribution in [1.82, 2.24) is 15.4 Å². The summed E-state index contributed by atoms with van der Waals surface area (Å²) in [4.78, 5) is 15.1. The maximum Gasteiger partial charge on any atom is 0.416 e. The van der Waals surface area contributed by atoms with Gasteiger partial charge < -0.3 is 14.9 Å². The smallest absolute Gasteiger partial charge is 0.393 e. The molecule has 0 bridgehead atoms. The van der Waals surface area contributed by atoms with Crippen LogP contribution in [0, 0.1) is 0 Å². The maximum absolute atomic E-state index is 13.0. The molecule has 1 aliphatic rings. The van der Waals surface area contributed by atoms with Gasteiger partial charge in [0.2, 0.25) is 0 Å². The molecule has 1 fully saturated rings. The van der Waals surface area contributed by atoms with Crippen LogP contribution >= 0.6 is 0 Å². The molecule has 0 radical (unpaired) electrons. The van der Waals surface area contributed by atoms with E-state index in [1.54, 1.807) is 0 Å². The summed E-state index contributed by atoms with van der Waals surface area (Å²) in [5, 5.41) is 16.8. The van der Waals surface area contributed by atoms with E-state index in [1.165, 1.54) is 12.1 Å². The number of aliphatic hydroxyl groups excluding tert-OH is 1. The highest BCUT2D eigenvalue weighted by atomic mass is 19.4. The van der Waals surface area contributed by atoms with Crippen LogP contribution < -0.4 is 5.32 Å². The van der Waals surface area contributed by atoms with Crippen LogP contribution in [0.4, 0.5) is 13.2 Å². The van der Waals surface area contributed by atoms with Crippen LogP contribution in [0.2, 0.25) is 0 Å². The Kier molecular flexibility index (Phi) is 7.61. The number of aliphatic hydroxyl groups is 1. The minimum atomic E-state index is -4.44. The number of benzene rings is 1. The second kappa shape index (κ2) is 10.0. The van der Waals surface area contributed by atoms with Gasteiger partial charge in [0.1, 0.15) is 0 Å². The number of nitrogens with zero attached hydrogens (tertiary/aromatic N) is 2. The number of hydrogen-bond donors (Lipinski definition) is 2. The molecule has 0 aliphatic heterocycles. The summed E-state index contributed by atoms with van der Waals surface area (Å²) < 4.78 is 44.4. The Morgan fingerprint density at radius 3 is 2.53 bits per heavy atom. The SMILES string of the molecule is CCN(Cc1c(C(=O)N[C@@H]2CCC[C@H](O)C2)noc1-c1ccc(C(F)(F)F)cc1)C(C)C. The number of nitrogens with one attached hydrogen (secondary N) is 1. The van der Waals surface area contributed by atoms with E-state index in [2.05, 4.69) is 15.4 Å². The first-order valence-electron chi connectivity index (χ1n) is 11.0. The molecule has 1 aromatic heterocycles. The molecule has 0 saturated heterocycles. The van der Waals surface area contributed by atoms with Gasteiger partial charge in [-0.2, -0.15) is 13.2 Å². The zero-order chi connectivity index (χ0) is 23.5. The van der Waals surface area contributed by atoms with Crippen molar-refractivity contribution in [2.75, 3.05) is 6.54 Å². The molecule has 0 unspecified atom stereocenters. The topological polar surface area (TPSA) is 78.6 Å². The zero-order valence-corrected chi connectivity index (χ0v) is 18.6. The van der Waals surface area contributed by atoms with Gasteiger partial charge >= 0.3 is 6.18 Å². The van der Waals surface area contributed by atoms with Gasteiger partial charge in [-0.05, 0) is 58.2 Å². The lowest BCUT2D eigenvalue weighted by atomic mass is 9.93. The third-order valence-electron chi connectivity index (χ3n) is 5.96. The first-order valence-corrected chi connectivity index (χ1v) is 11.0. The molecule has 1 aliphatic carbocycles. The molecule has 2 N–H and O–H groups in total. The molecule has 1 amide bonds. The summed E-state index contributed by atoms with van der Waals surface area (Å²) >= 11 is 0. The van der Waals surface area contributed by atoms with Crippen molar-refractivity contribution >= 4 is 5.91 Å². The van der Waals surface area contributed by atoms with Crippen LogP contribution in [-0.2, 0) is 12.7 Å². The van der Waals surface area contributed by atoms with E-state index in [0.29, 0.717) is 30.6 Å². The van der Waals surface area contributed by atoms with Crippen LogP contribution in [0.1, 0.15) is 68.1 Å². The fourth-order valence-corrected chi connectivity index (χ4v) is 4.08. The van der Waals surface area contributed by atoms with Crippen LogP contribution in [0.15, 0.2) is 28.8 Å². The normalized spacial score (nSPS) is 19.5. The highest BCUT2D eigenvalue weighted by Crippen LogP contribution is 2.33. The van der Waals surface area contributed by atoms with Gasteiger partial charge in [-0.15, -0.1) is 0 Å². The number of carbonyl (C=O) groups is 1. The van der Waals surface area contributed by atoms with Gasteiger partial charge in [-0.3, -0.25) is 9.69 Å². The fourth-order valence-electron chi connectivity index (χ4n) is 4.08. The summed E-state index contributed by atoms with van der Waals surface area (Å²) in [6.07, 6.45) is -2.07. The summed E-state index contributed by atoms with van der Waals surface area (Å²) in [5.74, 6) is -0.118. The monoisotopic (exact) mass is 453 g/mol. The van der Waals surface area contributed by atoms with Gasteiger partial charge in [0.25, 0.3) is 5.91 Å². The Balaban J connectivity index is 1.93. The molecule has 2 atom stereocenters. The Labute approximate surface area is 185 Å². The second-order valence-electron chi connectivity index (χ2n) is 8.56. The van der Waals surface area contributed by atoms with Gasteiger partial charge in [0.05, 0.1) is 11.7 Å². The van der Waals surface area contributed by atoms with Crippen molar-refractivity contribution in [3.8, 4) is 11.3 Å². The summed E-state index contributed by atoms with van der Waals surface area (Å²) in [6, 6.07) is 4.67. The third-order valence-corrected chi connectivity index (χ3v) is 5.96. The van der Waals surface area contributed by atoms with Crippen molar-refractivity contribution in [1.29, 1.82) is 0 Å². The second-order valence-corrected chi connectivity index (χ2v) is 8.56. The van der Waals surface area contributed by atoms with Gasteiger partial charge in [-0.1, -0.05) is 24.2 Å². The molecule has 0 spiro atoms. The molecular formula is C23H30F3N3O3. The molecule has 1 heterocycles. The Hall–Kier alpha value is -2.39. The van der Waals surface area contributed by atoms with Crippen LogP contribution in [0.3, 0.4) is 0 Å². The van der Waals surface area contributed by atoms with Crippen molar-refractivity contribution in [2.24, 2.45) is 0 Å². The standard InChI is InChI=1S/C23H30F3N3O3/c1-4-29(14(2)3)13-19-20(22(31)27-17-6-5-7-18(30)12-17)28-32-21(19)15-8-10-16(11-9-15)23(24,25)26/h8-11,14,17-18,30H,4-7,12-13H2,1-3H3,(H,27,31)/t17-,18+/m1/s1. The van der Waals surface area contributed by atoms with E-state index < -0.39 is 23.8 Å². The molecular weight excluding hydrogens is 423 g/mol. The lowest BCUT2D eigenvalue weighted by molar-refractivity contribution is -0.137. The number of amides is 1. The number of rotatable bonds is 7. The van der Waals surface area contributed by atoms with Crippen LogP contribution in [0.5, 0.6) is 0 Å².